The number of nitrogens with one attached hydrogen (secondary N) is 1. The predicted molar refractivity (Wildman–Crippen MR) is 69.4 cm³/mol. The molecule has 0 bridgehead atoms. The number of hydrogen-bond donors (Lipinski definition) is 1. The first kappa shape index (κ1) is 11.4. The first-order valence-electron chi connectivity index (χ1n) is 5.43. The fourth-order valence-corrected chi connectivity index (χ4v) is 1.61. The normalized spacial score (nSPS) is 10.3. The lowest BCUT2D eigenvalue weighted by molar-refractivity contribution is 0.971. The molecule has 0 spiro atoms. The predicted octanol–water partition coefficient (Wildman–Crippen LogP) is 1.81. The highest BCUT2D eigenvalue weighted by atomic mass is 16.1. The van der Waals surface area contributed by atoms with Crippen LogP contribution < -0.4 is 10.5 Å². The molecule has 4 heteroatoms. The Hall–Kier alpha value is -2.10. The summed E-state index contributed by atoms with van der Waals surface area (Å²) in [7, 11) is 3.70. The van der Waals surface area contributed by atoms with E-state index in [1.807, 2.05) is 44.4 Å². The fraction of sp³-hybridized carbons (Fsp3) is 0.231. The first-order chi connectivity index (χ1) is 8.09. The average Bonchev–Trinajstić information content (AvgIpc) is 2.33. The SMILES string of the molecule is Cc1c(-c2ccccc2)nc(N(C)C)[nH]c1=O. The van der Waals surface area contributed by atoms with Crippen LogP contribution in [0.2, 0.25) is 0 Å². The molecule has 88 valence electrons. The Morgan fingerprint density at radius 1 is 1.18 bits per heavy atom. The fourth-order valence-electron chi connectivity index (χ4n) is 1.61. The standard InChI is InChI=1S/C13H15N3O/c1-9-11(10-7-5-4-6-8-10)14-13(16(2)3)15-12(9)17/h4-8H,1-3H3,(H,14,15,17). The minimum atomic E-state index is -0.0949. The molecule has 0 fully saturated rings. The van der Waals surface area contributed by atoms with Crippen LogP contribution in [-0.4, -0.2) is 24.1 Å². The van der Waals surface area contributed by atoms with Crippen LogP contribution in [0.15, 0.2) is 35.1 Å². The van der Waals surface area contributed by atoms with Crippen LogP contribution in [0.25, 0.3) is 11.3 Å². The molecule has 0 amide bonds. The van der Waals surface area contributed by atoms with Crippen molar-refractivity contribution in [1.29, 1.82) is 0 Å². The van der Waals surface area contributed by atoms with Crippen LogP contribution in [0.1, 0.15) is 5.56 Å². The Morgan fingerprint density at radius 3 is 2.41 bits per heavy atom. The molecule has 0 radical (unpaired) electrons. The maximum absolute atomic E-state index is 11.8. The van der Waals surface area contributed by atoms with Crippen molar-refractivity contribution >= 4 is 5.95 Å². The zero-order valence-electron chi connectivity index (χ0n) is 10.2. The molecule has 4 nitrogen and oxygen atoms in total. The summed E-state index contributed by atoms with van der Waals surface area (Å²) in [6.07, 6.45) is 0. The van der Waals surface area contributed by atoms with E-state index in [9.17, 15) is 4.79 Å². The van der Waals surface area contributed by atoms with Gasteiger partial charge in [-0.05, 0) is 6.92 Å². The summed E-state index contributed by atoms with van der Waals surface area (Å²) in [4.78, 5) is 20.8. The van der Waals surface area contributed by atoms with E-state index in [0.29, 0.717) is 11.5 Å². The second-order valence-corrected chi connectivity index (χ2v) is 4.12. The highest BCUT2D eigenvalue weighted by Gasteiger charge is 2.10. The lowest BCUT2D eigenvalue weighted by Crippen LogP contribution is -2.21. The molecule has 0 aliphatic heterocycles. The van der Waals surface area contributed by atoms with Crippen LogP contribution in [0.5, 0.6) is 0 Å². The maximum atomic E-state index is 11.8. The highest BCUT2D eigenvalue weighted by molar-refractivity contribution is 5.63. The molecule has 1 heterocycles. The van der Waals surface area contributed by atoms with Gasteiger partial charge in [-0.15, -0.1) is 0 Å². The van der Waals surface area contributed by atoms with Gasteiger partial charge in [-0.2, -0.15) is 0 Å². The van der Waals surface area contributed by atoms with E-state index in [0.717, 1.165) is 11.3 Å². The lowest BCUT2D eigenvalue weighted by Gasteiger charge is -2.13. The molecule has 2 rings (SSSR count). The summed E-state index contributed by atoms with van der Waals surface area (Å²) in [5.41, 5.74) is 2.24. The number of aromatic amines is 1. The third-order valence-electron chi connectivity index (χ3n) is 2.61. The molecule has 0 saturated carbocycles. The largest absolute Gasteiger partial charge is 0.348 e. The Morgan fingerprint density at radius 2 is 1.82 bits per heavy atom. The van der Waals surface area contributed by atoms with Crippen LogP contribution in [0.3, 0.4) is 0 Å². The zero-order valence-corrected chi connectivity index (χ0v) is 10.2. The molecule has 0 atom stereocenters. The van der Waals surface area contributed by atoms with Gasteiger partial charge in [0.1, 0.15) is 0 Å². The number of H-pyrrole nitrogens is 1. The number of hydrogen-bond acceptors (Lipinski definition) is 3. The molecule has 1 N–H and O–H groups in total. The van der Waals surface area contributed by atoms with Gasteiger partial charge >= 0.3 is 0 Å². The van der Waals surface area contributed by atoms with Crippen LogP contribution in [0.4, 0.5) is 5.95 Å². The third-order valence-corrected chi connectivity index (χ3v) is 2.61. The molecule has 2 aromatic rings. The quantitative estimate of drug-likeness (QED) is 0.854. The number of benzene rings is 1. The first-order valence-corrected chi connectivity index (χ1v) is 5.43. The van der Waals surface area contributed by atoms with Crippen LogP contribution in [0, 0.1) is 6.92 Å². The zero-order chi connectivity index (χ0) is 12.4. The third kappa shape index (κ3) is 2.20. The maximum Gasteiger partial charge on any atom is 0.255 e. The van der Waals surface area contributed by atoms with Gasteiger partial charge in [0.25, 0.3) is 5.56 Å². The van der Waals surface area contributed by atoms with Crippen LogP contribution >= 0.6 is 0 Å². The number of anilines is 1. The Bertz CT molecular complexity index is 573. The van der Waals surface area contributed by atoms with E-state index in [2.05, 4.69) is 9.97 Å². The van der Waals surface area contributed by atoms with Gasteiger partial charge in [0.2, 0.25) is 5.95 Å². The van der Waals surface area contributed by atoms with Crippen molar-refractivity contribution in [3.63, 3.8) is 0 Å². The van der Waals surface area contributed by atoms with Crippen molar-refractivity contribution in [2.24, 2.45) is 0 Å². The van der Waals surface area contributed by atoms with Crippen molar-refractivity contribution in [2.45, 2.75) is 6.92 Å². The number of rotatable bonds is 2. The van der Waals surface area contributed by atoms with Gasteiger partial charge in [0, 0.05) is 25.2 Å². The molecule has 0 aliphatic rings. The van der Waals surface area contributed by atoms with Gasteiger partial charge in [0.15, 0.2) is 0 Å². The van der Waals surface area contributed by atoms with E-state index in [1.165, 1.54) is 0 Å². The van der Waals surface area contributed by atoms with E-state index in [1.54, 1.807) is 11.8 Å². The molecule has 17 heavy (non-hydrogen) atoms. The minimum Gasteiger partial charge on any atom is -0.348 e. The monoisotopic (exact) mass is 229 g/mol. The van der Waals surface area contributed by atoms with Crippen molar-refractivity contribution in [1.82, 2.24) is 9.97 Å². The summed E-state index contributed by atoms with van der Waals surface area (Å²) in [5.74, 6) is 0.569. The van der Waals surface area contributed by atoms with Crippen LogP contribution in [-0.2, 0) is 0 Å². The van der Waals surface area contributed by atoms with Gasteiger partial charge in [-0.25, -0.2) is 4.98 Å². The Balaban J connectivity index is 2.65. The molecular formula is C13H15N3O. The summed E-state index contributed by atoms with van der Waals surface area (Å²) in [6.45, 7) is 1.79. The summed E-state index contributed by atoms with van der Waals surface area (Å²) >= 11 is 0. The van der Waals surface area contributed by atoms with Crippen molar-refractivity contribution in [3.8, 4) is 11.3 Å². The average molecular weight is 229 g/mol. The van der Waals surface area contributed by atoms with Gasteiger partial charge < -0.3 is 4.90 Å². The van der Waals surface area contributed by atoms with Gasteiger partial charge in [-0.1, -0.05) is 30.3 Å². The topological polar surface area (TPSA) is 49.0 Å². The molecular weight excluding hydrogens is 214 g/mol. The summed E-state index contributed by atoms with van der Waals surface area (Å²) < 4.78 is 0. The second kappa shape index (κ2) is 4.41. The lowest BCUT2D eigenvalue weighted by atomic mass is 10.1. The van der Waals surface area contributed by atoms with Crippen molar-refractivity contribution in [3.05, 3.63) is 46.2 Å². The van der Waals surface area contributed by atoms with E-state index < -0.39 is 0 Å². The molecule has 0 saturated heterocycles. The molecule has 1 aromatic heterocycles. The molecule has 1 aromatic carbocycles. The summed E-state index contributed by atoms with van der Waals surface area (Å²) in [6, 6.07) is 9.72. The second-order valence-electron chi connectivity index (χ2n) is 4.12. The Kier molecular flexibility index (Phi) is 2.95. The number of nitrogens with zero attached hydrogens (tertiary/aromatic N) is 2. The van der Waals surface area contributed by atoms with E-state index >= 15 is 0 Å². The van der Waals surface area contributed by atoms with Gasteiger partial charge in [0.05, 0.1) is 5.69 Å². The number of aromatic nitrogens is 2. The summed E-state index contributed by atoms with van der Waals surface area (Å²) in [5, 5.41) is 0. The smallest absolute Gasteiger partial charge is 0.255 e. The highest BCUT2D eigenvalue weighted by Crippen LogP contribution is 2.19. The van der Waals surface area contributed by atoms with E-state index in [4.69, 9.17) is 0 Å². The Labute approximate surface area is 99.9 Å². The molecule has 0 aliphatic carbocycles. The van der Waals surface area contributed by atoms with Gasteiger partial charge in [-0.3, -0.25) is 9.78 Å². The van der Waals surface area contributed by atoms with Crippen molar-refractivity contribution < 1.29 is 0 Å². The van der Waals surface area contributed by atoms with E-state index in [-0.39, 0.29) is 5.56 Å². The van der Waals surface area contributed by atoms with Crippen molar-refractivity contribution in [2.75, 3.05) is 19.0 Å². The molecule has 0 unspecified atom stereocenters. The minimum absolute atomic E-state index is 0.0949.